The zero-order chi connectivity index (χ0) is 10.7. The van der Waals surface area contributed by atoms with Crippen molar-refractivity contribution in [3.05, 3.63) is 22.3 Å². The van der Waals surface area contributed by atoms with Crippen LogP contribution in [-0.2, 0) is 0 Å². The predicted octanol–water partition coefficient (Wildman–Crippen LogP) is 3.99. The molecule has 1 fully saturated rings. The predicted molar refractivity (Wildman–Crippen MR) is 64.7 cm³/mol. The average molecular weight is 245 g/mol. The Morgan fingerprint density at radius 1 is 1.40 bits per heavy atom. The molecule has 1 heterocycles. The third-order valence-corrected chi connectivity index (χ3v) is 3.08. The number of aromatic nitrogens is 1. The molecular formula is C11H14Cl2N2. The van der Waals surface area contributed by atoms with E-state index in [0.29, 0.717) is 10.0 Å². The molecule has 0 spiro atoms. The lowest BCUT2D eigenvalue weighted by Crippen LogP contribution is -2.03. The highest BCUT2D eigenvalue weighted by atomic mass is 35.5. The first kappa shape index (κ1) is 11.0. The minimum absolute atomic E-state index is 0.573. The van der Waals surface area contributed by atoms with Gasteiger partial charge in [0, 0.05) is 12.7 Å². The molecule has 1 N–H and O–H groups in total. The van der Waals surface area contributed by atoms with Crippen molar-refractivity contribution in [3.8, 4) is 0 Å². The number of anilines is 1. The first-order valence-corrected chi connectivity index (χ1v) is 6.06. The SMILES string of the molecule is Clc1cnc(NCCCC2CC2)c(Cl)c1. The van der Waals surface area contributed by atoms with E-state index in [-0.39, 0.29) is 0 Å². The summed E-state index contributed by atoms with van der Waals surface area (Å²) in [5, 5.41) is 4.39. The molecule has 4 heteroatoms. The van der Waals surface area contributed by atoms with Crippen molar-refractivity contribution < 1.29 is 0 Å². The van der Waals surface area contributed by atoms with Crippen LogP contribution in [0.3, 0.4) is 0 Å². The summed E-state index contributed by atoms with van der Waals surface area (Å²) in [6.07, 6.45) is 6.94. The Morgan fingerprint density at radius 2 is 2.20 bits per heavy atom. The smallest absolute Gasteiger partial charge is 0.144 e. The van der Waals surface area contributed by atoms with Gasteiger partial charge in [0.1, 0.15) is 5.82 Å². The molecule has 0 atom stereocenters. The topological polar surface area (TPSA) is 24.9 Å². The Morgan fingerprint density at radius 3 is 2.87 bits per heavy atom. The third-order valence-electron chi connectivity index (χ3n) is 2.59. The zero-order valence-electron chi connectivity index (χ0n) is 8.47. The van der Waals surface area contributed by atoms with E-state index in [9.17, 15) is 0 Å². The highest BCUT2D eigenvalue weighted by Gasteiger charge is 2.19. The lowest BCUT2D eigenvalue weighted by molar-refractivity contribution is 0.686. The van der Waals surface area contributed by atoms with Gasteiger partial charge in [0.15, 0.2) is 0 Å². The number of nitrogens with zero attached hydrogens (tertiary/aromatic N) is 1. The second kappa shape index (κ2) is 5.04. The van der Waals surface area contributed by atoms with Crippen LogP contribution >= 0.6 is 23.2 Å². The van der Waals surface area contributed by atoms with Gasteiger partial charge in [0.25, 0.3) is 0 Å². The summed E-state index contributed by atoms with van der Waals surface area (Å²) >= 11 is 11.7. The first-order valence-electron chi connectivity index (χ1n) is 5.30. The van der Waals surface area contributed by atoms with E-state index in [0.717, 1.165) is 18.3 Å². The maximum Gasteiger partial charge on any atom is 0.144 e. The molecule has 0 bridgehead atoms. The molecular weight excluding hydrogens is 231 g/mol. The van der Waals surface area contributed by atoms with Crippen molar-refractivity contribution in [1.29, 1.82) is 0 Å². The van der Waals surface area contributed by atoms with Gasteiger partial charge in [0.05, 0.1) is 10.0 Å². The monoisotopic (exact) mass is 244 g/mol. The van der Waals surface area contributed by atoms with Crippen LogP contribution in [0.15, 0.2) is 12.3 Å². The third kappa shape index (κ3) is 3.54. The van der Waals surface area contributed by atoms with Crippen LogP contribution in [-0.4, -0.2) is 11.5 Å². The Kier molecular flexibility index (Phi) is 3.71. The van der Waals surface area contributed by atoms with E-state index in [1.54, 1.807) is 12.3 Å². The first-order chi connectivity index (χ1) is 7.25. The summed E-state index contributed by atoms with van der Waals surface area (Å²) in [6, 6.07) is 1.71. The lowest BCUT2D eigenvalue weighted by Gasteiger charge is -2.06. The molecule has 2 nitrogen and oxygen atoms in total. The van der Waals surface area contributed by atoms with E-state index in [1.165, 1.54) is 25.7 Å². The van der Waals surface area contributed by atoms with Crippen molar-refractivity contribution in [1.82, 2.24) is 4.98 Å². The van der Waals surface area contributed by atoms with Crippen LogP contribution in [0.25, 0.3) is 0 Å². The average Bonchev–Trinajstić information content (AvgIpc) is 2.99. The summed E-state index contributed by atoms with van der Waals surface area (Å²) in [6.45, 7) is 0.935. The minimum Gasteiger partial charge on any atom is -0.369 e. The molecule has 0 amide bonds. The summed E-state index contributed by atoms with van der Waals surface area (Å²) in [5.41, 5.74) is 0. The quantitative estimate of drug-likeness (QED) is 0.793. The summed E-state index contributed by atoms with van der Waals surface area (Å²) in [5.74, 6) is 1.72. The number of rotatable bonds is 5. The van der Waals surface area contributed by atoms with Crippen molar-refractivity contribution in [3.63, 3.8) is 0 Å². The van der Waals surface area contributed by atoms with Gasteiger partial charge in [-0.05, 0) is 24.8 Å². The fraction of sp³-hybridized carbons (Fsp3) is 0.545. The van der Waals surface area contributed by atoms with Gasteiger partial charge in [-0.15, -0.1) is 0 Å². The van der Waals surface area contributed by atoms with Crippen LogP contribution in [0.2, 0.25) is 10.0 Å². The van der Waals surface area contributed by atoms with Crippen molar-refractivity contribution in [2.45, 2.75) is 25.7 Å². The second-order valence-corrected chi connectivity index (χ2v) is 4.84. The van der Waals surface area contributed by atoms with Crippen LogP contribution in [0.4, 0.5) is 5.82 Å². The minimum atomic E-state index is 0.573. The maximum absolute atomic E-state index is 5.97. The molecule has 0 saturated heterocycles. The highest BCUT2D eigenvalue weighted by Crippen LogP contribution is 2.33. The second-order valence-electron chi connectivity index (χ2n) is 4.00. The van der Waals surface area contributed by atoms with Gasteiger partial charge >= 0.3 is 0 Å². The standard InChI is InChI=1S/C11H14Cl2N2/c12-9-6-10(13)11(15-7-9)14-5-1-2-8-3-4-8/h6-8H,1-5H2,(H,14,15). The molecule has 82 valence electrons. The largest absolute Gasteiger partial charge is 0.369 e. The normalized spacial score (nSPS) is 15.3. The zero-order valence-corrected chi connectivity index (χ0v) is 9.98. The van der Waals surface area contributed by atoms with Crippen molar-refractivity contribution >= 4 is 29.0 Å². The molecule has 0 radical (unpaired) electrons. The van der Waals surface area contributed by atoms with E-state index in [2.05, 4.69) is 10.3 Å². The van der Waals surface area contributed by atoms with Gasteiger partial charge in [0.2, 0.25) is 0 Å². The molecule has 1 aliphatic rings. The number of pyridine rings is 1. The van der Waals surface area contributed by atoms with Gasteiger partial charge in [-0.3, -0.25) is 0 Å². The van der Waals surface area contributed by atoms with Crippen molar-refractivity contribution in [2.24, 2.45) is 5.92 Å². The number of hydrogen-bond acceptors (Lipinski definition) is 2. The van der Waals surface area contributed by atoms with Crippen LogP contribution in [0.1, 0.15) is 25.7 Å². The number of hydrogen-bond donors (Lipinski definition) is 1. The number of nitrogens with one attached hydrogen (secondary N) is 1. The summed E-state index contributed by atoms with van der Waals surface area (Å²) < 4.78 is 0. The Balaban J connectivity index is 1.76. The fourth-order valence-corrected chi connectivity index (χ4v) is 2.00. The van der Waals surface area contributed by atoms with E-state index < -0.39 is 0 Å². The van der Waals surface area contributed by atoms with Gasteiger partial charge in [-0.2, -0.15) is 0 Å². The molecule has 0 aromatic carbocycles. The Labute approximate surface area is 100.0 Å². The summed E-state index contributed by atoms with van der Waals surface area (Å²) in [7, 11) is 0. The van der Waals surface area contributed by atoms with E-state index >= 15 is 0 Å². The summed E-state index contributed by atoms with van der Waals surface area (Å²) in [4.78, 5) is 4.14. The van der Waals surface area contributed by atoms with E-state index in [4.69, 9.17) is 23.2 Å². The molecule has 1 aromatic heterocycles. The maximum atomic E-state index is 5.97. The van der Waals surface area contributed by atoms with Crippen LogP contribution in [0.5, 0.6) is 0 Å². The van der Waals surface area contributed by atoms with Crippen molar-refractivity contribution in [2.75, 3.05) is 11.9 Å². The molecule has 2 rings (SSSR count). The van der Waals surface area contributed by atoms with E-state index in [1.807, 2.05) is 0 Å². The van der Waals surface area contributed by atoms with Gasteiger partial charge in [-0.1, -0.05) is 36.0 Å². The number of halogens is 2. The van der Waals surface area contributed by atoms with Crippen LogP contribution < -0.4 is 5.32 Å². The van der Waals surface area contributed by atoms with Gasteiger partial charge in [-0.25, -0.2) is 4.98 Å². The molecule has 1 aromatic rings. The molecule has 1 aliphatic carbocycles. The highest BCUT2D eigenvalue weighted by molar-refractivity contribution is 6.35. The molecule has 1 saturated carbocycles. The molecule has 0 unspecified atom stereocenters. The fourth-order valence-electron chi connectivity index (χ4n) is 1.55. The molecule has 0 aliphatic heterocycles. The Bertz CT molecular complexity index is 337. The molecule has 15 heavy (non-hydrogen) atoms. The van der Waals surface area contributed by atoms with Crippen LogP contribution in [0, 0.1) is 5.92 Å². The Hall–Kier alpha value is -0.470. The lowest BCUT2D eigenvalue weighted by atomic mass is 10.2. The van der Waals surface area contributed by atoms with Gasteiger partial charge < -0.3 is 5.32 Å².